The number of ketones is 1. The van der Waals surface area contributed by atoms with E-state index in [1.165, 1.54) is 12.1 Å². The van der Waals surface area contributed by atoms with Crippen molar-refractivity contribution in [2.45, 2.75) is 20.8 Å². The highest BCUT2D eigenvalue weighted by atomic mass is 31.1. The first-order valence-corrected chi connectivity index (χ1v) is 7.50. The van der Waals surface area contributed by atoms with Crippen LogP contribution in [0.3, 0.4) is 0 Å². The molecule has 0 saturated carbocycles. The second kappa shape index (κ2) is 5.66. The number of aryl methyl sites for hydroxylation is 3. The van der Waals surface area contributed by atoms with Crippen molar-refractivity contribution in [2.75, 3.05) is 0 Å². The van der Waals surface area contributed by atoms with Gasteiger partial charge in [-0.3, -0.25) is 4.79 Å². The van der Waals surface area contributed by atoms with E-state index in [1.54, 1.807) is 12.1 Å². The van der Waals surface area contributed by atoms with Crippen LogP contribution < -0.4 is 5.30 Å². The van der Waals surface area contributed by atoms with Gasteiger partial charge in [0.25, 0.3) is 0 Å². The highest BCUT2D eigenvalue weighted by Crippen LogP contribution is 2.21. The Kier molecular flexibility index (Phi) is 4.12. The third-order valence-corrected chi connectivity index (χ3v) is 3.99. The molecular weight excluding hydrogens is 271 g/mol. The molecule has 4 heteroatoms. The first-order valence-electron chi connectivity index (χ1n) is 6.29. The third-order valence-electron chi connectivity index (χ3n) is 3.25. The summed E-state index contributed by atoms with van der Waals surface area (Å²) in [6, 6.07) is 10.2. The Labute approximate surface area is 119 Å². The van der Waals surface area contributed by atoms with Crippen molar-refractivity contribution in [2.24, 2.45) is 0 Å². The lowest BCUT2D eigenvalue weighted by atomic mass is 9.93. The highest BCUT2D eigenvalue weighted by molar-refractivity contribution is 7.47. The number of rotatable bonds is 3. The van der Waals surface area contributed by atoms with Crippen LogP contribution in [0.25, 0.3) is 0 Å². The average molecular weight is 287 g/mol. The van der Waals surface area contributed by atoms with Gasteiger partial charge < -0.3 is 0 Å². The fourth-order valence-corrected chi connectivity index (χ4v) is 2.83. The van der Waals surface area contributed by atoms with Gasteiger partial charge in [-0.2, -0.15) is 4.89 Å². The van der Waals surface area contributed by atoms with Crippen molar-refractivity contribution in [1.82, 2.24) is 0 Å². The minimum atomic E-state index is -2.36. The lowest BCUT2D eigenvalue weighted by Gasteiger charge is -2.10. The number of hydrogen-bond donors (Lipinski definition) is 1. The molecule has 0 bridgehead atoms. The van der Waals surface area contributed by atoms with Crippen molar-refractivity contribution in [3.8, 4) is 0 Å². The van der Waals surface area contributed by atoms with Crippen LogP contribution in [0.15, 0.2) is 36.4 Å². The molecule has 102 valence electrons. The second-order valence-electron chi connectivity index (χ2n) is 4.92. The summed E-state index contributed by atoms with van der Waals surface area (Å²) in [5.74, 6) is -0.0558. The molecule has 0 fully saturated rings. The van der Waals surface area contributed by atoms with Crippen LogP contribution in [0.4, 0.5) is 0 Å². The van der Waals surface area contributed by atoms with Gasteiger partial charge >= 0.3 is 8.03 Å². The monoisotopic (exact) mass is 287 g/mol. The molecule has 3 nitrogen and oxygen atoms in total. The molecule has 2 aromatic rings. The topological polar surface area (TPSA) is 54.4 Å². The van der Waals surface area contributed by atoms with Gasteiger partial charge in [0.05, 0.1) is 0 Å². The number of carbonyl (C=O) groups is 1. The summed E-state index contributed by atoms with van der Waals surface area (Å²) < 4.78 is 11.0. The third kappa shape index (κ3) is 2.84. The normalized spacial score (nSPS) is 11.3. The molecule has 0 saturated heterocycles. The predicted octanol–water partition coefficient (Wildman–Crippen LogP) is 3.20. The minimum Gasteiger partial charge on any atom is -0.289 e. The van der Waals surface area contributed by atoms with E-state index in [2.05, 4.69) is 0 Å². The lowest BCUT2D eigenvalue weighted by molar-refractivity contribution is 0.103. The minimum absolute atomic E-state index is 0.0558. The van der Waals surface area contributed by atoms with Crippen molar-refractivity contribution in [1.29, 1.82) is 0 Å². The zero-order valence-electron chi connectivity index (χ0n) is 11.7. The van der Waals surface area contributed by atoms with E-state index < -0.39 is 8.03 Å². The summed E-state index contributed by atoms with van der Waals surface area (Å²) >= 11 is 0. The standard InChI is InChI=1S/C16H15O3P/c1-10-8-11(2)15(12(3)9-10)16(17)13-4-6-14(7-5-13)20(18)19/h4-9H,1-3H3/p+1. The van der Waals surface area contributed by atoms with Gasteiger partial charge in [-0.25, -0.2) is 0 Å². The van der Waals surface area contributed by atoms with Crippen LogP contribution >= 0.6 is 8.03 Å². The molecule has 0 aliphatic heterocycles. The smallest absolute Gasteiger partial charge is 0.289 e. The van der Waals surface area contributed by atoms with Crippen molar-refractivity contribution in [3.05, 3.63) is 64.2 Å². The fraction of sp³-hybridized carbons (Fsp3) is 0.188. The molecular formula is C16H16O3P+. The molecule has 0 aromatic heterocycles. The molecule has 0 amide bonds. The summed E-state index contributed by atoms with van der Waals surface area (Å²) in [6.45, 7) is 5.85. The molecule has 2 aromatic carbocycles. The Morgan fingerprint density at radius 1 is 1.00 bits per heavy atom. The van der Waals surface area contributed by atoms with E-state index in [-0.39, 0.29) is 5.78 Å². The summed E-state index contributed by atoms with van der Waals surface area (Å²) in [6.07, 6.45) is 0. The first-order chi connectivity index (χ1) is 9.40. The Balaban J connectivity index is 2.44. The van der Waals surface area contributed by atoms with Crippen molar-refractivity contribution >= 4 is 19.1 Å². The van der Waals surface area contributed by atoms with Crippen LogP contribution in [0.2, 0.25) is 0 Å². The van der Waals surface area contributed by atoms with Crippen LogP contribution in [-0.4, -0.2) is 10.7 Å². The summed E-state index contributed by atoms with van der Waals surface area (Å²) in [5.41, 5.74) is 4.26. The Morgan fingerprint density at radius 2 is 1.50 bits per heavy atom. The molecule has 1 unspecified atom stereocenters. The Morgan fingerprint density at radius 3 is 1.95 bits per heavy atom. The summed E-state index contributed by atoms with van der Waals surface area (Å²) in [5, 5.41) is 0.328. The Hall–Kier alpha value is -1.83. The van der Waals surface area contributed by atoms with Gasteiger partial charge in [-0.1, -0.05) is 17.7 Å². The number of benzene rings is 2. The van der Waals surface area contributed by atoms with Gasteiger partial charge in [0.1, 0.15) is 0 Å². The van der Waals surface area contributed by atoms with Crippen molar-refractivity contribution < 1.29 is 14.3 Å². The molecule has 0 spiro atoms. The van der Waals surface area contributed by atoms with Crippen LogP contribution in [0.5, 0.6) is 0 Å². The molecule has 0 radical (unpaired) electrons. The van der Waals surface area contributed by atoms with Crippen LogP contribution in [-0.2, 0) is 4.57 Å². The molecule has 1 atom stereocenters. The lowest BCUT2D eigenvalue weighted by Crippen LogP contribution is -2.08. The largest absolute Gasteiger partial charge is 0.546 e. The van der Waals surface area contributed by atoms with E-state index in [0.717, 1.165) is 16.7 Å². The molecule has 1 N–H and O–H groups in total. The highest BCUT2D eigenvalue weighted by Gasteiger charge is 2.19. The number of hydrogen-bond acceptors (Lipinski definition) is 2. The zero-order valence-corrected chi connectivity index (χ0v) is 12.6. The van der Waals surface area contributed by atoms with Gasteiger partial charge in [0.2, 0.25) is 5.30 Å². The van der Waals surface area contributed by atoms with Crippen LogP contribution in [0.1, 0.15) is 32.6 Å². The van der Waals surface area contributed by atoms with E-state index in [9.17, 15) is 9.36 Å². The van der Waals surface area contributed by atoms with Gasteiger partial charge in [0.15, 0.2) is 5.78 Å². The maximum Gasteiger partial charge on any atom is 0.546 e. The molecule has 0 aliphatic carbocycles. The van der Waals surface area contributed by atoms with Crippen molar-refractivity contribution in [3.63, 3.8) is 0 Å². The summed E-state index contributed by atoms with van der Waals surface area (Å²) in [7, 11) is -2.36. The average Bonchev–Trinajstić information content (AvgIpc) is 2.37. The van der Waals surface area contributed by atoms with E-state index in [4.69, 9.17) is 4.89 Å². The molecule has 20 heavy (non-hydrogen) atoms. The van der Waals surface area contributed by atoms with Gasteiger partial charge in [0, 0.05) is 11.1 Å². The fourth-order valence-electron chi connectivity index (χ4n) is 2.42. The zero-order chi connectivity index (χ0) is 14.9. The van der Waals surface area contributed by atoms with Crippen LogP contribution in [0, 0.1) is 20.8 Å². The van der Waals surface area contributed by atoms with E-state index in [1.807, 2.05) is 32.9 Å². The molecule has 0 heterocycles. The SMILES string of the molecule is Cc1cc(C)c(C(=O)c2ccc([P+](=O)O)cc2)c(C)c1. The maximum atomic E-state index is 12.5. The number of carbonyl (C=O) groups excluding carboxylic acids is 1. The quantitative estimate of drug-likeness (QED) is 0.696. The Bertz CT molecular complexity index is 664. The molecule has 0 aliphatic rings. The van der Waals surface area contributed by atoms with Gasteiger partial charge in [-0.15, -0.1) is 0 Å². The maximum absolute atomic E-state index is 12.5. The molecule has 2 rings (SSSR count). The van der Waals surface area contributed by atoms with Gasteiger partial charge in [-0.05, 0) is 60.7 Å². The van der Waals surface area contributed by atoms with E-state index >= 15 is 0 Å². The second-order valence-corrected chi connectivity index (χ2v) is 5.98. The van der Waals surface area contributed by atoms with E-state index in [0.29, 0.717) is 16.4 Å². The first kappa shape index (κ1) is 14.6. The predicted molar refractivity (Wildman–Crippen MR) is 80.0 cm³/mol. The summed E-state index contributed by atoms with van der Waals surface area (Å²) in [4.78, 5) is 21.6.